The molecule has 0 radical (unpaired) electrons. The Kier molecular flexibility index (Phi) is 6.21. The molecule has 1 saturated heterocycles. The van der Waals surface area contributed by atoms with Crippen molar-refractivity contribution in [3.8, 4) is 0 Å². The second-order valence-corrected chi connectivity index (χ2v) is 8.10. The van der Waals surface area contributed by atoms with E-state index in [9.17, 15) is 14.4 Å². The third kappa shape index (κ3) is 4.35. The number of nitrogens with one attached hydrogen (secondary N) is 1. The first-order valence-corrected chi connectivity index (χ1v) is 10.7. The monoisotopic (exact) mass is 430 g/mol. The topological polar surface area (TPSA) is 75.7 Å². The fourth-order valence-electron chi connectivity index (χ4n) is 4.21. The highest BCUT2D eigenvalue weighted by molar-refractivity contribution is 6.07. The molecule has 3 aromatic carbocycles. The summed E-state index contributed by atoms with van der Waals surface area (Å²) in [4.78, 5) is 39.4. The van der Waals surface area contributed by atoms with Crippen molar-refractivity contribution in [1.29, 1.82) is 0 Å². The fourth-order valence-corrected chi connectivity index (χ4v) is 4.21. The number of hydrogen-bond donors (Lipinski definition) is 1. The van der Waals surface area contributed by atoms with Crippen molar-refractivity contribution in [2.75, 3.05) is 25.5 Å². The van der Waals surface area contributed by atoms with Crippen LogP contribution in [0.2, 0.25) is 0 Å². The lowest BCUT2D eigenvalue weighted by atomic mass is 9.94. The third-order valence-electron chi connectivity index (χ3n) is 6.08. The van der Waals surface area contributed by atoms with E-state index in [1.54, 1.807) is 18.2 Å². The second kappa shape index (κ2) is 9.22. The molecule has 0 aliphatic carbocycles. The lowest BCUT2D eigenvalue weighted by Crippen LogP contribution is -2.41. The van der Waals surface area contributed by atoms with Gasteiger partial charge in [0.2, 0.25) is 5.91 Å². The van der Waals surface area contributed by atoms with Crippen molar-refractivity contribution in [3.05, 3.63) is 77.4 Å². The zero-order valence-corrected chi connectivity index (χ0v) is 18.3. The molecule has 164 valence electrons. The van der Waals surface area contributed by atoms with E-state index < -0.39 is 5.97 Å². The molecular weight excluding hydrogens is 404 g/mol. The molecule has 1 aliphatic rings. The Morgan fingerprint density at radius 1 is 0.969 bits per heavy atom. The summed E-state index contributed by atoms with van der Waals surface area (Å²) in [5, 5.41) is 4.96. The summed E-state index contributed by atoms with van der Waals surface area (Å²) in [5.41, 5.74) is 2.62. The standard InChI is InChI=1S/C26H26N2O4/c1-17-16-20(26(31)32-2)10-11-23(17)27-24(29)19-12-14-28(15-13-19)25(30)22-9-5-7-18-6-3-4-8-21(18)22/h3-11,16,19H,12-15H2,1-2H3,(H,27,29). The van der Waals surface area contributed by atoms with E-state index in [0.717, 1.165) is 16.3 Å². The van der Waals surface area contributed by atoms with E-state index in [1.165, 1.54) is 7.11 Å². The summed E-state index contributed by atoms with van der Waals surface area (Å²) in [6.45, 7) is 2.92. The molecule has 1 heterocycles. The molecular formula is C26H26N2O4. The number of amides is 2. The molecule has 6 nitrogen and oxygen atoms in total. The number of aryl methyl sites for hydroxylation is 1. The fraction of sp³-hybridized carbons (Fsp3) is 0.269. The third-order valence-corrected chi connectivity index (χ3v) is 6.08. The van der Waals surface area contributed by atoms with Crippen LogP contribution in [0.4, 0.5) is 5.69 Å². The summed E-state index contributed by atoms with van der Waals surface area (Å²) >= 11 is 0. The maximum atomic E-state index is 13.1. The van der Waals surface area contributed by atoms with Crippen LogP contribution in [0, 0.1) is 12.8 Å². The molecule has 1 aliphatic heterocycles. The quantitative estimate of drug-likeness (QED) is 0.622. The first kappa shape index (κ1) is 21.6. The Hall–Kier alpha value is -3.67. The zero-order valence-electron chi connectivity index (χ0n) is 18.3. The minimum atomic E-state index is -0.408. The van der Waals surface area contributed by atoms with Crippen LogP contribution in [0.25, 0.3) is 10.8 Å². The summed E-state index contributed by atoms with van der Waals surface area (Å²) < 4.78 is 4.73. The Bertz CT molecular complexity index is 1170. The van der Waals surface area contributed by atoms with Crippen LogP contribution in [0.1, 0.15) is 39.1 Å². The molecule has 4 rings (SSSR count). The van der Waals surface area contributed by atoms with Crippen molar-refractivity contribution in [3.63, 3.8) is 0 Å². The summed E-state index contributed by atoms with van der Waals surface area (Å²) in [5.74, 6) is -0.619. The largest absolute Gasteiger partial charge is 0.465 e. The van der Waals surface area contributed by atoms with Gasteiger partial charge in [0.15, 0.2) is 0 Å². The van der Waals surface area contributed by atoms with Gasteiger partial charge in [0.1, 0.15) is 0 Å². The minimum absolute atomic E-state index is 0.00917. The van der Waals surface area contributed by atoms with Gasteiger partial charge in [0, 0.05) is 30.3 Å². The van der Waals surface area contributed by atoms with E-state index >= 15 is 0 Å². The van der Waals surface area contributed by atoms with Gasteiger partial charge < -0.3 is 15.0 Å². The number of esters is 1. The second-order valence-electron chi connectivity index (χ2n) is 8.10. The average molecular weight is 431 g/mol. The van der Waals surface area contributed by atoms with Crippen molar-refractivity contribution >= 4 is 34.2 Å². The maximum absolute atomic E-state index is 13.1. The summed E-state index contributed by atoms with van der Waals surface area (Å²) in [6, 6.07) is 18.7. The molecule has 2 amide bonds. The van der Waals surface area contributed by atoms with Crippen molar-refractivity contribution < 1.29 is 19.1 Å². The zero-order chi connectivity index (χ0) is 22.7. The number of carbonyl (C=O) groups is 3. The van der Waals surface area contributed by atoms with Gasteiger partial charge in [0.25, 0.3) is 5.91 Å². The van der Waals surface area contributed by atoms with Crippen LogP contribution in [-0.2, 0) is 9.53 Å². The summed E-state index contributed by atoms with van der Waals surface area (Å²) in [7, 11) is 1.34. The van der Waals surface area contributed by atoms with Gasteiger partial charge in [-0.15, -0.1) is 0 Å². The van der Waals surface area contributed by atoms with Crippen molar-refractivity contribution in [2.24, 2.45) is 5.92 Å². The Morgan fingerprint density at radius 2 is 1.69 bits per heavy atom. The SMILES string of the molecule is COC(=O)c1ccc(NC(=O)C2CCN(C(=O)c3cccc4ccccc34)CC2)c(C)c1. The molecule has 0 aromatic heterocycles. The lowest BCUT2D eigenvalue weighted by molar-refractivity contribution is -0.121. The van der Waals surface area contributed by atoms with Gasteiger partial charge in [0.05, 0.1) is 12.7 Å². The number of anilines is 1. The van der Waals surface area contributed by atoms with Gasteiger partial charge in [-0.1, -0.05) is 36.4 Å². The number of nitrogens with zero attached hydrogens (tertiary/aromatic N) is 1. The number of fused-ring (bicyclic) bond motifs is 1. The first-order chi connectivity index (χ1) is 15.5. The minimum Gasteiger partial charge on any atom is -0.465 e. The highest BCUT2D eigenvalue weighted by atomic mass is 16.5. The van der Waals surface area contributed by atoms with Crippen LogP contribution in [0.5, 0.6) is 0 Å². The molecule has 6 heteroatoms. The number of ether oxygens (including phenoxy) is 1. The molecule has 0 bridgehead atoms. The van der Waals surface area contributed by atoms with E-state index in [-0.39, 0.29) is 17.7 Å². The van der Waals surface area contributed by atoms with Gasteiger partial charge in [-0.25, -0.2) is 4.79 Å². The van der Waals surface area contributed by atoms with Crippen LogP contribution in [-0.4, -0.2) is 42.9 Å². The highest BCUT2D eigenvalue weighted by Gasteiger charge is 2.28. The number of benzene rings is 3. The van der Waals surface area contributed by atoms with Crippen LogP contribution >= 0.6 is 0 Å². The number of methoxy groups -OCH3 is 1. The number of piperidine rings is 1. The van der Waals surface area contributed by atoms with Crippen molar-refractivity contribution in [1.82, 2.24) is 4.90 Å². The Labute approximate surface area is 187 Å². The molecule has 32 heavy (non-hydrogen) atoms. The Morgan fingerprint density at radius 3 is 2.41 bits per heavy atom. The molecule has 0 saturated carbocycles. The Balaban J connectivity index is 1.39. The van der Waals surface area contributed by atoms with E-state index in [0.29, 0.717) is 42.7 Å². The molecule has 1 fully saturated rings. The van der Waals surface area contributed by atoms with Gasteiger partial charge >= 0.3 is 5.97 Å². The summed E-state index contributed by atoms with van der Waals surface area (Å²) in [6.07, 6.45) is 1.23. The van der Waals surface area contributed by atoms with Gasteiger partial charge in [-0.05, 0) is 60.4 Å². The average Bonchev–Trinajstić information content (AvgIpc) is 2.84. The van der Waals surface area contributed by atoms with Crippen LogP contribution < -0.4 is 5.32 Å². The molecule has 0 unspecified atom stereocenters. The molecule has 0 atom stereocenters. The van der Waals surface area contributed by atoms with Crippen LogP contribution in [0.15, 0.2) is 60.7 Å². The predicted molar refractivity (Wildman–Crippen MR) is 124 cm³/mol. The highest BCUT2D eigenvalue weighted by Crippen LogP contribution is 2.25. The molecule has 1 N–H and O–H groups in total. The molecule has 3 aromatic rings. The normalized spacial score (nSPS) is 14.2. The van der Waals surface area contributed by atoms with Gasteiger partial charge in [-0.2, -0.15) is 0 Å². The number of hydrogen-bond acceptors (Lipinski definition) is 4. The smallest absolute Gasteiger partial charge is 0.337 e. The first-order valence-electron chi connectivity index (χ1n) is 10.7. The lowest BCUT2D eigenvalue weighted by Gasteiger charge is -2.31. The molecule has 0 spiro atoms. The van der Waals surface area contributed by atoms with E-state index in [2.05, 4.69) is 5.32 Å². The van der Waals surface area contributed by atoms with Gasteiger partial charge in [-0.3, -0.25) is 9.59 Å². The number of rotatable bonds is 4. The van der Waals surface area contributed by atoms with E-state index in [1.807, 2.05) is 54.3 Å². The van der Waals surface area contributed by atoms with Crippen LogP contribution in [0.3, 0.4) is 0 Å². The number of carbonyl (C=O) groups excluding carboxylic acids is 3. The predicted octanol–water partition coefficient (Wildman–Crippen LogP) is 4.43. The van der Waals surface area contributed by atoms with E-state index in [4.69, 9.17) is 4.74 Å². The van der Waals surface area contributed by atoms with Crippen molar-refractivity contribution in [2.45, 2.75) is 19.8 Å². The maximum Gasteiger partial charge on any atom is 0.337 e. The number of likely N-dealkylation sites (tertiary alicyclic amines) is 1.